The van der Waals surface area contributed by atoms with Crippen LogP contribution in [0.3, 0.4) is 0 Å². The largest absolute Gasteiger partial charge is 0.477 e. The number of hydrogen-bond donors (Lipinski definition) is 1. The Bertz CT molecular complexity index is 615. The van der Waals surface area contributed by atoms with Gasteiger partial charge < -0.3 is 5.11 Å². The Morgan fingerprint density at radius 2 is 2.05 bits per heavy atom. The van der Waals surface area contributed by atoms with E-state index in [1.165, 1.54) is 40.9 Å². The average Bonchev–Trinajstić information content (AvgIpc) is 2.78. The van der Waals surface area contributed by atoms with Gasteiger partial charge in [-0.2, -0.15) is 0 Å². The minimum absolute atomic E-state index is 0.208. The summed E-state index contributed by atoms with van der Waals surface area (Å²) >= 11 is 4.13. The number of benzene rings is 1. The lowest BCUT2D eigenvalue weighted by Gasteiger charge is -2.01. The number of nitrogens with zero attached hydrogens (tertiary/aromatic N) is 1. The van der Waals surface area contributed by atoms with Crippen molar-refractivity contribution in [2.24, 2.45) is 0 Å². The lowest BCUT2D eigenvalue weighted by atomic mass is 10.3. The number of thioether (sulfide) groups is 2. The zero-order chi connectivity index (χ0) is 14.5. The van der Waals surface area contributed by atoms with Crippen LogP contribution in [0.25, 0.3) is 0 Å². The molecule has 106 valence electrons. The Morgan fingerprint density at radius 1 is 1.35 bits per heavy atom. The van der Waals surface area contributed by atoms with E-state index in [1.54, 1.807) is 19.1 Å². The molecule has 2 rings (SSSR count). The Kier molecular flexibility index (Phi) is 5.45. The average molecular weight is 329 g/mol. The number of halogens is 1. The standard InChI is InChI=1S/C13H12FNO2S3/c1-8-11(12(16)17)20-13(15-8)19-7-6-18-10-5-3-2-4-9(10)14/h2-5H,6-7H2,1H3,(H,16,17). The molecule has 0 radical (unpaired) electrons. The van der Waals surface area contributed by atoms with Gasteiger partial charge in [-0.05, 0) is 19.1 Å². The summed E-state index contributed by atoms with van der Waals surface area (Å²) in [6, 6.07) is 6.67. The van der Waals surface area contributed by atoms with Gasteiger partial charge in [-0.25, -0.2) is 14.2 Å². The molecule has 1 aromatic carbocycles. The van der Waals surface area contributed by atoms with Gasteiger partial charge in [-0.1, -0.05) is 23.9 Å². The van der Waals surface area contributed by atoms with Gasteiger partial charge in [0.05, 0.1) is 5.69 Å². The molecule has 0 unspecified atom stereocenters. The van der Waals surface area contributed by atoms with Gasteiger partial charge in [0.1, 0.15) is 10.7 Å². The first kappa shape index (κ1) is 15.3. The second-order valence-electron chi connectivity index (χ2n) is 3.83. The van der Waals surface area contributed by atoms with Gasteiger partial charge in [0.2, 0.25) is 0 Å². The van der Waals surface area contributed by atoms with E-state index in [9.17, 15) is 9.18 Å². The highest BCUT2D eigenvalue weighted by atomic mass is 32.2. The third-order valence-corrected chi connectivity index (χ3v) is 5.97. The maximum Gasteiger partial charge on any atom is 0.347 e. The lowest BCUT2D eigenvalue weighted by Crippen LogP contribution is -1.94. The van der Waals surface area contributed by atoms with Crippen LogP contribution in [0, 0.1) is 12.7 Å². The van der Waals surface area contributed by atoms with Crippen LogP contribution < -0.4 is 0 Å². The molecule has 0 saturated carbocycles. The van der Waals surface area contributed by atoms with Crippen molar-refractivity contribution in [3.63, 3.8) is 0 Å². The van der Waals surface area contributed by atoms with E-state index in [0.717, 1.165) is 15.8 Å². The number of hydrogen-bond acceptors (Lipinski definition) is 5. The Hall–Kier alpha value is -1.05. The van der Waals surface area contributed by atoms with Gasteiger partial charge >= 0.3 is 5.97 Å². The summed E-state index contributed by atoms with van der Waals surface area (Å²) in [5.41, 5.74) is 0.548. The van der Waals surface area contributed by atoms with Crippen molar-refractivity contribution in [2.45, 2.75) is 16.2 Å². The molecule has 0 aliphatic carbocycles. The van der Waals surface area contributed by atoms with Gasteiger partial charge in [0, 0.05) is 16.4 Å². The first-order valence-corrected chi connectivity index (χ1v) is 8.57. The van der Waals surface area contributed by atoms with Crippen molar-refractivity contribution in [3.8, 4) is 0 Å². The number of carboxylic acids is 1. The molecule has 0 bridgehead atoms. The second-order valence-corrected chi connectivity index (χ2v) is 7.30. The molecule has 20 heavy (non-hydrogen) atoms. The molecule has 0 aliphatic rings. The number of aromatic carboxylic acids is 1. The zero-order valence-corrected chi connectivity index (χ0v) is 13.1. The van der Waals surface area contributed by atoms with E-state index in [1.807, 2.05) is 6.07 Å². The van der Waals surface area contributed by atoms with E-state index < -0.39 is 5.97 Å². The maximum absolute atomic E-state index is 13.4. The van der Waals surface area contributed by atoms with Crippen LogP contribution in [0.1, 0.15) is 15.4 Å². The van der Waals surface area contributed by atoms with Gasteiger partial charge in [-0.15, -0.1) is 23.1 Å². The SMILES string of the molecule is Cc1nc(SCCSc2ccccc2F)sc1C(=O)O. The monoisotopic (exact) mass is 329 g/mol. The molecule has 0 atom stereocenters. The van der Waals surface area contributed by atoms with Crippen LogP contribution in [-0.4, -0.2) is 27.6 Å². The number of aryl methyl sites for hydroxylation is 1. The quantitative estimate of drug-likeness (QED) is 0.636. The molecule has 7 heteroatoms. The molecule has 2 aromatic rings. The highest BCUT2D eigenvalue weighted by Gasteiger charge is 2.14. The summed E-state index contributed by atoms with van der Waals surface area (Å²) in [5, 5.41) is 8.95. The fraction of sp³-hybridized carbons (Fsp3) is 0.231. The minimum Gasteiger partial charge on any atom is -0.477 e. The number of thiazole rings is 1. The lowest BCUT2D eigenvalue weighted by molar-refractivity contribution is 0.0701. The summed E-state index contributed by atoms with van der Waals surface area (Å²) in [6.07, 6.45) is 0. The summed E-state index contributed by atoms with van der Waals surface area (Å²) in [7, 11) is 0. The summed E-state index contributed by atoms with van der Waals surface area (Å²) in [4.78, 5) is 16.0. The van der Waals surface area contributed by atoms with Gasteiger partial charge in [-0.3, -0.25) is 0 Å². The van der Waals surface area contributed by atoms with Gasteiger partial charge in [0.25, 0.3) is 0 Å². The Morgan fingerprint density at radius 3 is 2.70 bits per heavy atom. The van der Waals surface area contributed by atoms with Crippen LogP contribution in [0.2, 0.25) is 0 Å². The van der Waals surface area contributed by atoms with Crippen LogP contribution in [0.4, 0.5) is 4.39 Å². The van der Waals surface area contributed by atoms with Crippen LogP contribution >= 0.6 is 34.9 Å². The van der Waals surface area contributed by atoms with E-state index in [-0.39, 0.29) is 10.7 Å². The molecule has 1 heterocycles. The van der Waals surface area contributed by atoms with E-state index >= 15 is 0 Å². The van der Waals surface area contributed by atoms with Crippen molar-refractivity contribution in [3.05, 3.63) is 40.7 Å². The van der Waals surface area contributed by atoms with Crippen molar-refractivity contribution in [1.29, 1.82) is 0 Å². The molecule has 0 saturated heterocycles. The number of carbonyl (C=O) groups is 1. The zero-order valence-electron chi connectivity index (χ0n) is 10.6. The fourth-order valence-corrected chi connectivity index (χ4v) is 4.49. The van der Waals surface area contributed by atoms with E-state index in [0.29, 0.717) is 10.6 Å². The molecular formula is C13H12FNO2S3. The van der Waals surface area contributed by atoms with E-state index in [4.69, 9.17) is 5.11 Å². The van der Waals surface area contributed by atoms with Crippen molar-refractivity contribution >= 4 is 40.8 Å². The number of carboxylic acid groups (broad SMARTS) is 1. The van der Waals surface area contributed by atoms with Crippen LogP contribution in [-0.2, 0) is 0 Å². The van der Waals surface area contributed by atoms with Crippen LogP contribution in [0.15, 0.2) is 33.5 Å². The van der Waals surface area contributed by atoms with Gasteiger partial charge in [0.15, 0.2) is 4.34 Å². The fourth-order valence-electron chi connectivity index (χ4n) is 1.47. The highest BCUT2D eigenvalue weighted by Crippen LogP contribution is 2.29. The van der Waals surface area contributed by atoms with Crippen molar-refractivity contribution < 1.29 is 14.3 Å². The third kappa shape index (κ3) is 3.97. The molecular weight excluding hydrogens is 317 g/mol. The Balaban J connectivity index is 1.83. The Labute approximate surface area is 128 Å². The smallest absolute Gasteiger partial charge is 0.347 e. The molecule has 3 nitrogen and oxygen atoms in total. The van der Waals surface area contributed by atoms with E-state index in [2.05, 4.69) is 4.98 Å². The summed E-state index contributed by atoms with van der Waals surface area (Å²) < 4.78 is 14.1. The normalized spacial score (nSPS) is 10.7. The van der Waals surface area contributed by atoms with Crippen LogP contribution in [0.5, 0.6) is 0 Å². The molecule has 1 aromatic heterocycles. The molecule has 1 N–H and O–H groups in total. The predicted molar refractivity (Wildman–Crippen MR) is 81.7 cm³/mol. The third-order valence-electron chi connectivity index (χ3n) is 2.37. The maximum atomic E-state index is 13.4. The molecule has 0 spiro atoms. The molecule has 0 fully saturated rings. The molecule has 0 amide bonds. The highest BCUT2D eigenvalue weighted by molar-refractivity contribution is 8.03. The number of rotatable bonds is 6. The first-order chi connectivity index (χ1) is 9.58. The minimum atomic E-state index is -0.937. The van der Waals surface area contributed by atoms with Crippen molar-refractivity contribution in [2.75, 3.05) is 11.5 Å². The predicted octanol–water partition coefficient (Wildman–Crippen LogP) is 4.17. The topological polar surface area (TPSA) is 50.2 Å². The summed E-state index contributed by atoms with van der Waals surface area (Å²) in [5.74, 6) is 0.353. The second kappa shape index (κ2) is 7.10. The first-order valence-electron chi connectivity index (χ1n) is 5.79. The number of aromatic nitrogens is 1. The molecule has 0 aliphatic heterocycles. The summed E-state index contributed by atoms with van der Waals surface area (Å²) in [6.45, 7) is 1.69. The van der Waals surface area contributed by atoms with Crippen molar-refractivity contribution in [1.82, 2.24) is 4.98 Å².